The zero-order valence-electron chi connectivity index (χ0n) is 9.21. The van der Waals surface area contributed by atoms with Gasteiger partial charge in [0.2, 0.25) is 0 Å². The summed E-state index contributed by atoms with van der Waals surface area (Å²) in [4.78, 5) is 11.1. The van der Waals surface area contributed by atoms with Gasteiger partial charge in [0.15, 0.2) is 0 Å². The van der Waals surface area contributed by atoms with Crippen LogP contribution in [0.15, 0.2) is 0 Å². The average Bonchev–Trinajstić information content (AvgIpc) is 2.26. The largest absolute Gasteiger partial charge is 0.469 e. The average molecular weight is 199 g/mol. The van der Waals surface area contributed by atoms with Crippen molar-refractivity contribution in [3.63, 3.8) is 0 Å². The Bertz CT molecular complexity index is 176. The summed E-state index contributed by atoms with van der Waals surface area (Å²) in [6.07, 6.45) is 4.68. The van der Waals surface area contributed by atoms with Gasteiger partial charge in [0.25, 0.3) is 0 Å². The van der Waals surface area contributed by atoms with Crippen molar-refractivity contribution in [2.45, 2.75) is 32.6 Å². The number of hydrogen-bond donors (Lipinski definition) is 1. The molecular formula is C11H21NO2. The summed E-state index contributed by atoms with van der Waals surface area (Å²) < 4.78 is 4.70. The molecule has 1 fully saturated rings. The zero-order valence-corrected chi connectivity index (χ0v) is 9.21. The molecular weight excluding hydrogens is 178 g/mol. The Hall–Kier alpha value is -0.570. The maximum atomic E-state index is 11.1. The molecule has 0 radical (unpaired) electrons. The molecule has 0 aromatic heterocycles. The number of esters is 1. The molecule has 2 unspecified atom stereocenters. The van der Waals surface area contributed by atoms with E-state index < -0.39 is 0 Å². The maximum Gasteiger partial charge on any atom is 0.308 e. The number of rotatable bonds is 4. The maximum absolute atomic E-state index is 11.1. The van der Waals surface area contributed by atoms with Crippen LogP contribution >= 0.6 is 0 Å². The second-order valence-electron chi connectivity index (χ2n) is 4.21. The Morgan fingerprint density at radius 3 is 3.00 bits per heavy atom. The smallest absolute Gasteiger partial charge is 0.308 e. The molecule has 0 aromatic rings. The first kappa shape index (κ1) is 11.5. The van der Waals surface area contributed by atoms with Crippen LogP contribution in [-0.2, 0) is 9.53 Å². The molecule has 1 rings (SSSR count). The normalized spacial score (nSPS) is 24.3. The Kier molecular flexibility index (Phi) is 4.94. The lowest BCUT2D eigenvalue weighted by Crippen LogP contribution is -2.30. The van der Waals surface area contributed by atoms with Gasteiger partial charge in [-0.25, -0.2) is 0 Å². The molecule has 1 aliphatic heterocycles. The summed E-state index contributed by atoms with van der Waals surface area (Å²) in [6.45, 7) is 4.22. The third kappa shape index (κ3) is 3.66. The predicted molar refractivity (Wildman–Crippen MR) is 56.0 cm³/mol. The van der Waals surface area contributed by atoms with Crippen molar-refractivity contribution >= 4 is 5.97 Å². The second kappa shape index (κ2) is 6.02. The first-order valence-electron chi connectivity index (χ1n) is 5.52. The molecule has 3 heteroatoms. The molecule has 1 N–H and O–H groups in total. The van der Waals surface area contributed by atoms with Crippen LogP contribution in [0.25, 0.3) is 0 Å². The SMILES string of the molecule is COC(=O)C(C)CCC1CCCNC1. The van der Waals surface area contributed by atoms with Gasteiger partial charge in [-0.15, -0.1) is 0 Å². The number of carbonyl (C=O) groups is 1. The van der Waals surface area contributed by atoms with E-state index in [2.05, 4.69) is 5.32 Å². The fraction of sp³-hybridized carbons (Fsp3) is 0.909. The molecule has 14 heavy (non-hydrogen) atoms. The van der Waals surface area contributed by atoms with Gasteiger partial charge >= 0.3 is 5.97 Å². The van der Waals surface area contributed by atoms with Gasteiger partial charge in [-0.1, -0.05) is 6.92 Å². The molecule has 3 nitrogen and oxygen atoms in total. The summed E-state index contributed by atoms with van der Waals surface area (Å²) in [7, 11) is 1.46. The van der Waals surface area contributed by atoms with E-state index in [1.165, 1.54) is 20.0 Å². The minimum Gasteiger partial charge on any atom is -0.469 e. The van der Waals surface area contributed by atoms with Crippen LogP contribution in [-0.4, -0.2) is 26.2 Å². The lowest BCUT2D eigenvalue weighted by Gasteiger charge is -2.23. The molecule has 1 aliphatic rings. The fourth-order valence-electron chi connectivity index (χ4n) is 1.98. The van der Waals surface area contributed by atoms with Gasteiger partial charge in [-0.2, -0.15) is 0 Å². The van der Waals surface area contributed by atoms with Gasteiger partial charge in [0, 0.05) is 0 Å². The molecule has 0 spiro atoms. The van der Waals surface area contributed by atoms with E-state index in [-0.39, 0.29) is 11.9 Å². The van der Waals surface area contributed by atoms with E-state index >= 15 is 0 Å². The molecule has 0 amide bonds. The topological polar surface area (TPSA) is 38.3 Å². The third-order valence-corrected chi connectivity index (χ3v) is 3.01. The molecule has 1 saturated heterocycles. The van der Waals surface area contributed by atoms with Gasteiger partial charge in [0.05, 0.1) is 13.0 Å². The number of ether oxygens (including phenoxy) is 1. The summed E-state index contributed by atoms with van der Waals surface area (Å²) >= 11 is 0. The molecule has 0 bridgehead atoms. The highest BCUT2D eigenvalue weighted by molar-refractivity contribution is 5.71. The Morgan fingerprint density at radius 2 is 2.43 bits per heavy atom. The Labute approximate surface area is 86.2 Å². The number of nitrogens with one attached hydrogen (secondary N) is 1. The van der Waals surface area contributed by atoms with E-state index in [0.29, 0.717) is 0 Å². The minimum atomic E-state index is -0.0752. The number of piperidine rings is 1. The van der Waals surface area contributed by atoms with E-state index in [1.807, 2.05) is 6.92 Å². The highest BCUT2D eigenvalue weighted by Crippen LogP contribution is 2.19. The predicted octanol–water partition coefficient (Wildman–Crippen LogP) is 1.58. The lowest BCUT2D eigenvalue weighted by atomic mass is 9.91. The summed E-state index contributed by atoms with van der Waals surface area (Å²) in [5, 5.41) is 3.39. The van der Waals surface area contributed by atoms with Crippen LogP contribution < -0.4 is 5.32 Å². The monoisotopic (exact) mass is 199 g/mol. The van der Waals surface area contributed by atoms with Crippen LogP contribution in [0.2, 0.25) is 0 Å². The first-order chi connectivity index (χ1) is 6.74. The van der Waals surface area contributed by atoms with Crippen LogP contribution in [0.4, 0.5) is 0 Å². The van der Waals surface area contributed by atoms with E-state index in [9.17, 15) is 4.79 Å². The highest BCUT2D eigenvalue weighted by Gasteiger charge is 2.17. The van der Waals surface area contributed by atoms with Gasteiger partial charge in [0.1, 0.15) is 0 Å². The molecule has 82 valence electrons. The Morgan fingerprint density at radius 1 is 1.64 bits per heavy atom. The number of methoxy groups -OCH3 is 1. The van der Waals surface area contributed by atoms with E-state index in [0.717, 1.165) is 31.8 Å². The van der Waals surface area contributed by atoms with Crippen molar-refractivity contribution < 1.29 is 9.53 Å². The third-order valence-electron chi connectivity index (χ3n) is 3.01. The summed E-state index contributed by atoms with van der Waals surface area (Å²) in [6, 6.07) is 0. The van der Waals surface area contributed by atoms with Crippen LogP contribution in [0.3, 0.4) is 0 Å². The first-order valence-corrected chi connectivity index (χ1v) is 5.52. The molecule has 2 atom stereocenters. The van der Waals surface area contributed by atoms with Crippen molar-refractivity contribution in [3.8, 4) is 0 Å². The van der Waals surface area contributed by atoms with Crippen molar-refractivity contribution in [2.24, 2.45) is 11.8 Å². The van der Waals surface area contributed by atoms with Gasteiger partial charge in [-0.05, 0) is 44.7 Å². The van der Waals surface area contributed by atoms with Gasteiger partial charge in [-0.3, -0.25) is 4.79 Å². The zero-order chi connectivity index (χ0) is 10.4. The van der Waals surface area contributed by atoms with Gasteiger partial charge < -0.3 is 10.1 Å². The number of carbonyl (C=O) groups excluding carboxylic acids is 1. The molecule has 0 aliphatic carbocycles. The Balaban J connectivity index is 2.15. The van der Waals surface area contributed by atoms with Crippen molar-refractivity contribution in [2.75, 3.05) is 20.2 Å². The quantitative estimate of drug-likeness (QED) is 0.698. The van der Waals surface area contributed by atoms with Crippen molar-refractivity contribution in [1.29, 1.82) is 0 Å². The summed E-state index contributed by atoms with van der Waals surface area (Å²) in [5.41, 5.74) is 0. The van der Waals surface area contributed by atoms with E-state index in [4.69, 9.17) is 4.74 Å². The second-order valence-corrected chi connectivity index (χ2v) is 4.21. The lowest BCUT2D eigenvalue weighted by molar-refractivity contribution is -0.145. The number of hydrogen-bond acceptors (Lipinski definition) is 3. The standard InChI is InChI=1S/C11H21NO2/c1-9(11(13)14-2)5-6-10-4-3-7-12-8-10/h9-10,12H,3-8H2,1-2H3. The minimum absolute atomic E-state index is 0.0573. The van der Waals surface area contributed by atoms with E-state index in [1.54, 1.807) is 0 Å². The van der Waals surface area contributed by atoms with Crippen molar-refractivity contribution in [3.05, 3.63) is 0 Å². The van der Waals surface area contributed by atoms with Crippen LogP contribution in [0.1, 0.15) is 32.6 Å². The molecule has 0 saturated carbocycles. The van der Waals surface area contributed by atoms with Crippen LogP contribution in [0.5, 0.6) is 0 Å². The fourth-order valence-corrected chi connectivity index (χ4v) is 1.98. The molecule has 0 aromatic carbocycles. The van der Waals surface area contributed by atoms with Crippen molar-refractivity contribution in [1.82, 2.24) is 5.32 Å². The highest BCUT2D eigenvalue weighted by atomic mass is 16.5. The molecule has 1 heterocycles. The van der Waals surface area contributed by atoms with Crippen LogP contribution in [0, 0.1) is 11.8 Å². The summed E-state index contributed by atoms with van der Waals surface area (Å²) in [5.74, 6) is 0.742.